The van der Waals surface area contributed by atoms with E-state index in [0.29, 0.717) is 32.6 Å². The minimum atomic E-state index is -0.500. The number of carbonyl (C=O) groups excluding carboxylic acids is 4. The lowest BCUT2D eigenvalue weighted by atomic mass is 9.79. The van der Waals surface area contributed by atoms with Gasteiger partial charge in [0.25, 0.3) is 0 Å². The zero-order valence-corrected chi connectivity index (χ0v) is 22.5. The van der Waals surface area contributed by atoms with E-state index in [0.717, 1.165) is 19.3 Å². The Morgan fingerprint density at radius 1 is 0.912 bits per heavy atom. The molecular formula is C25H44N2O7. The fourth-order valence-corrected chi connectivity index (χ4v) is 4.11. The highest BCUT2D eigenvalue weighted by Crippen LogP contribution is 2.36. The summed E-state index contributed by atoms with van der Waals surface area (Å²) in [6.07, 6.45) is 2.55. The molecule has 2 heterocycles. The fourth-order valence-electron chi connectivity index (χ4n) is 4.11. The fraction of sp³-hybridized carbons (Fsp3) is 0.840. The van der Waals surface area contributed by atoms with Crippen molar-refractivity contribution in [2.24, 2.45) is 11.3 Å². The molecule has 0 bridgehead atoms. The Kier molecular flexibility index (Phi) is 10.4. The molecule has 34 heavy (non-hydrogen) atoms. The number of likely N-dealkylation sites (tertiary alicyclic amines) is 2. The number of hydrogen-bond donors (Lipinski definition) is 0. The van der Waals surface area contributed by atoms with Crippen molar-refractivity contribution in [1.29, 1.82) is 0 Å². The average molecular weight is 485 g/mol. The number of rotatable bonds is 4. The van der Waals surface area contributed by atoms with Gasteiger partial charge in [0.05, 0.1) is 13.0 Å². The number of hydrogen-bond acceptors (Lipinski definition) is 7. The molecule has 0 aromatic heterocycles. The monoisotopic (exact) mass is 484 g/mol. The lowest BCUT2D eigenvalue weighted by molar-refractivity contribution is -0.144. The number of carbonyl (C=O) groups is 4. The molecular weight excluding hydrogens is 440 g/mol. The molecule has 0 aliphatic carbocycles. The van der Waals surface area contributed by atoms with E-state index in [-0.39, 0.29) is 35.3 Å². The van der Waals surface area contributed by atoms with Crippen LogP contribution in [0.3, 0.4) is 0 Å². The van der Waals surface area contributed by atoms with Crippen molar-refractivity contribution in [2.75, 3.05) is 33.3 Å². The molecule has 0 radical (unpaired) electrons. The zero-order valence-electron chi connectivity index (χ0n) is 22.5. The first-order valence-electron chi connectivity index (χ1n) is 12.1. The second-order valence-corrected chi connectivity index (χ2v) is 11.2. The number of nitrogens with zero attached hydrogens (tertiary/aromatic N) is 2. The van der Waals surface area contributed by atoms with Crippen LogP contribution in [0.15, 0.2) is 0 Å². The topological polar surface area (TPSA) is 102 Å². The third kappa shape index (κ3) is 9.14. The first-order valence-corrected chi connectivity index (χ1v) is 12.1. The van der Waals surface area contributed by atoms with E-state index in [2.05, 4.69) is 11.7 Å². The summed E-state index contributed by atoms with van der Waals surface area (Å²) in [7, 11) is 1.36. The van der Waals surface area contributed by atoms with E-state index in [1.165, 1.54) is 7.11 Å². The number of esters is 1. The Labute approximate surface area is 204 Å². The number of methoxy groups -OCH3 is 1. The maximum atomic E-state index is 12.0. The van der Waals surface area contributed by atoms with Crippen molar-refractivity contribution in [1.82, 2.24) is 9.80 Å². The molecule has 2 aliphatic rings. The summed E-state index contributed by atoms with van der Waals surface area (Å²) in [4.78, 5) is 50.0. The van der Waals surface area contributed by atoms with E-state index >= 15 is 0 Å². The van der Waals surface area contributed by atoms with Crippen LogP contribution >= 0.6 is 0 Å². The highest BCUT2D eigenvalue weighted by molar-refractivity contribution is 5.84. The summed E-state index contributed by atoms with van der Waals surface area (Å²) in [5.41, 5.74) is -1.32. The van der Waals surface area contributed by atoms with Crippen LogP contribution < -0.4 is 0 Å². The standard InChI is InChI=1S/C14H25NO3.C11H19NO4/c1-6-7-14(11(2)16)8-9-15(10-14)12(17)18-13(3,4)5;1-11(2,3)16-10(14)12-6-5-8(7-12)9(13)15-4/h6-10H2,1-5H3;8H,5-7H2,1-4H3. The van der Waals surface area contributed by atoms with Crippen molar-refractivity contribution >= 4 is 23.9 Å². The van der Waals surface area contributed by atoms with Crippen LogP contribution in [0.1, 0.15) is 81.1 Å². The first kappa shape index (κ1) is 29.7. The number of ketones is 1. The highest BCUT2D eigenvalue weighted by Gasteiger charge is 2.44. The summed E-state index contributed by atoms with van der Waals surface area (Å²) >= 11 is 0. The van der Waals surface area contributed by atoms with Gasteiger partial charge in [-0.2, -0.15) is 0 Å². The van der Waals surface area contributed by atoms with Crippen LogP contribution in [0.5, 0.6) is 0 Å². The van der Waals surface area contributed by atoms with Crippen molar-refractivity contribution in [2.45, 2.75) is 92.3 Å². The maximum Gasteiger partial charge on any atom is 0.410 e. The predicted octanol–water partition coefficient (Wildman–Crippen LogP) is 4.42. The van der Waals surface area contributed by atoms with Gasteiger partial charge in [-0.1, -0.05) is 13.3 Å². The van der Waals surface area contributed by atoms with Crippen molar-refractivity contribution in [3.63, 3.8) is 0 Å². The molecule has 9 nitrogen and oxygen atoms in total. The summed E-state index contributed by atoms with van der Waals surface area (Å²) < 4.78 is 15.2. The number of Topliss-reactive ketones (excluding diaryl/α,β-unsaturated/α-hetero) is 1. The molecule has 2 unspecified atom stereocenters. The lowest BCUT2D eigenvalue weighted by Gasteiger charge is -2.27. The van der Waals surface area contributed by atoms with E-state index in [1.54, 1.807) is 16.7 Å². The van der Waals surface area contributed by atoms with Gasteiger partial charge in [-0.05, 0) is 67.7 Å². The highest BCUT2D eigenvalue weighted by atomic mass is 16.6. The Bertz CT molecular complexity index is 739. The normalized spacial score (nSPS) is 22.6. The Morgan fingerprint density at radius 2 is 1.44 bits per heavy atom. The van der Waals surface area contributed by atoms with Gasteiger partial charge in [-0.15, -0.1) is 0 Å². The quantitative estimate of drug-likeness (QED) is 0.430. The van der Waals surface area contributed by atoms with Crippen LogP contribution in [0.4, 0.5) is 9.59 Å². The van der Waals surface area contributed by atoms with E-state index < -0.39 is 11.2 Å². The zero-order chi connectivity index (χ0) is 26.3. The second kappa shape index (κ2) is 11.9. The largest absolute Gasteiger partial charge is 0.469 e. The van der Waals surface area contributed by atoms with E-state index in [4.69, 9.17) is 9.47 Å². The van der Waals surface area contributed by atoms with Crippen molar-refractivity contribution in [3.05, 3.63) is 0 Å². The summed E-state index contributed by atoms with van der Waals surface area (Å²) in [6.45, 7) is 16.8. The molecule has 0 aromatic rings. The first-order chi connectivity index (χ1) is 15.5. The smallest absolute Gasteiger partial charge is 0.410 e. The Morgan fingerprint density at radius 3 is 1.88 bits per heavy atom. The summed E-state index contributed by atoms with van der Waals surface area (Å²) in [5, 5.41) is 0. The molecule has 0 saturated carbocycles. The molecule has 9 heteroatoms. The average Bonchev–Trinajstić information content (AvgIpc) is 3.34. The number of amides is 2. The molecule has 0 aromatic carbocycles. The summed E-state index contributed by atoms with van der Waals surface area (Å²) in [6, 6.07) is 0. The van der Waals surface area contributed by atoms with E-state index in [9.17, 15) is 19.2 Å². The molecule has 2 atom stereocenters. The van der Waals surface area contributed by atoms with Crippen LogP contribution in [0, 0.1) is 11.3 Å². The van der Waals surface area contributed by atoms with Gasteiger partial charge >= 0.3 is 18.2 Å². The second-order valence-electron chi connectivity index (χ2n) is 11.2. The van der Waals surface area contributed by atoms with Crippen LogP contribution in [-0.2, 0) is 23.8 Å². The number of ether oxygens (including phenoxy) is 3. The van der Waals surface area contributed by atoms with E-state index in [1.807, 2.05) is 41.5 Å². The molecule has 2 saturated heterocycles. The third-order valence-corrected chi connectivity index (χ3v) is 5.86. The maximum absolute atomic E-state index is 12.0. The Balaban J connectivity index is 0.000000342. The molecule has 2 aliphatic heterocycles. The van der Waals surface area contributed by atoms with Gasteiger partial charge in [0.15, 0.2) is 0 Å². The van der Waals surface area contributed by atoms with Gasteiger partial charge in [0.2, 0.25) is 0 Å². The van der Waals surface area contributed by atoms with Gasteiger partial charge in [-0.3, -0.25) is 9.59 Å². The van der Waals surface area contributed by atoms with Crippen LogP contribution in [0.2, 0.25) is 0 Å². The Hall–Kier alpha value is -2.32. The van der Waals surface area contributed by atoms with Gasteiger partial charge in [0, 0.05) is 31.6 Å². The minimum absolute atomic E-state index is 0.190. The van der Waals surface area contributed by atoms with Crippen molar-refractivity contribution in [3.8, 4) is 0 Å². The molecule has 0 N–H and O–H groups in total. The molecule has 196 valence electrons. The van der Waals surface area contributed by atoms with Gasteiger partial charge in [-0.25, -0.2) is 9.59 Å². The molecule has 0 spiro atoms. The third-order valence-electron chi connectivity index (χ3n) is 5.86. The minimum Gasteiger partial charge on any atom is -0.469 e. The molecule has 2 amide bonds. The van der Waals surface area contributed by atoms with Crippen LogP contribution in [0.25, 0.3) is 0 Å². The van der Waals surface area contributed by atoms with Gasteiger partial charge in [0.1, 0.15) is 17.0 Å². The van der Waals surface area contributed by atoms with Crippen molar-refractivity contribution < 1.29 is 33.4 Å². The SMILES string of the molecule is CCCC1(C(C)=O)CCN(C(=O)OC(C)(C)C)C1.COC(=O)C1CCN(C(=O)OC(C)(C)C)C1. The molecule has 2 fully saturated rings. The predicted molar refractivity (Wildman–Crippen MR) is 128 cm³/mol. The molecule has 2 rings (SSSR count). The van der Waals surface area contributed by atoms with Crippen LogP contribution in [-0.4, -0.2) is 78.2 Å². The summed E-state index contributed by atoms with van der Waals surface area (Å²) in [5.74, 6) is -0.279. The lowest BCUT2D eigenvalue weighted by Crippen LogP contribution is -2.38. The van der Waals surface area contributed by atoms with Gasteiger partial charge < -0.3 is 24.0 Å².